The van der Waals surface area contributed by atoms with Crippen molar-refractivity contribution in [1.29, 1.82) is 0 Å². The summed E-state index contributed by atoms with van der Waals surface area (Å²) in [6.07, 6.45) is 0. The minimum absolute atomic E-state index is 0.0754. The highest BCUT2D eigenvalue weighted by Gasteiger charge is 2.21. The number of carbonyl (C=O) groups is 1. The molecule has 2 aromatic heterocycles. The van der Waals surface area contributed by atoms with Crippen molar-refractivity contribution in [3.05, 3.63) is 48.0 Å². The van der Waals surface area contributed by atoms with E-state index in [9.17, 15) is 20.1 Å². The van der Waals surface area contributed by atoms with Crippen LogP contribution in [0.4, 0.5) is 0 Å². The summed E-state index contributed by atoms with van der Waals surface area (Å²) in [5.74, 6) is -0.867. The molecule has 0 aliphatic rings. The zero-order valence-corrected chi connectivity index (χ0v) is 12.8. The highest BCUT2D eigenvalue weighted by Crippen LogP contribution is 2.38. The fourth-order valence-corrected chi connectivity index (χ4v) is 3.61. The first-order valence-electron chi connectivity index (χ1n) is 7.68. The number of rotatable bonds is 1. The molecule has 5 N–H and O–H groups in total. The Hall–Kier alpha value is -3.67. The van der Waals surface area contributed by atoms with Gasteiger partial charge in [-0.15, -0.1) is 0 Å². The summed E-state index contributed by atoms with van der Waals surface area (Å²) in [6, 6.07) is 11.6. The summed E-state index contributed by atoms with van der Waals surface area (Å²) in [5, 5.41) is 32.1. The lowest BCUT2D eigenvalue weighted by Crippen LogP contribution is -1.98. The van der Waals surface area contributed by atoms with Crippen molar-refractivity contribution < 1.29 is 20.1 Å². The van der Waals surface area contributed by atoms with Crippen molar-refractivity contribution in [3.63, 3.8) is 0 Å². The first-order chi connectivity index (χ1) is 12.0. The van der Waals surface area contributed by atoms with Gasteiger partial charge in [0.15, 0.2) is 0 Å². The number of hydrogen-bond acceptors (Lipinski definition) is 3. The summed E-state index contributed by atoms with van der Waals surface area (Å²) in [7, 11) is 0. The lowest BCUT2D eigenvalue weighted by Gasteiger charge is -2.02. The van der Waals surface area contributed by atoms with Crippen LogP contribution < -0.4 is 0 Å². The second-order valence-electron chi connectivity index (χ2n) is 6.11. The fraction of sp³-hybridized carbons (Fsp3) is 0. The highest BCUT2D eigenvalue weighted by atomic mass is 16.4. The number of fused-ring (bicyclic) bond motifs is 6. The Morgan fingerprint density at radius 2 is 1.40 bits per heavy atom. The molecule has 0 spiro atoms. The van der Waals surface area contributed by atoms with E-state index >= 15 is 0 Å². The first kappa shape index (κ1) is 13.7. The van der Waals surface area contributed by atoms with Gasteiger partial charge in [0.05, 0.1) is 11.1 Å². The van der Waals surface area contributed by atoms with Crippen molar-refractivity contribution in [3.8, 4) is 11.5 Å². The molecule has 0 unspecified atom stereocenters. The summed E-state index contributed by atoms with van der Waals surface area (Å²) in [6.45, 7) is 0. The van der Waals surface area contributed by atoms with E-state index in [1.807, 2.05) is 6.07 Å². The summed E-state index contributed by atoms with van der Waals surface area (Å²) in [4.78, 5) is 18.4. The Kier molecular flexibility index (Phi) is 2.44. The zero-order chi connectivity index (χ0) is 17.3. The molecule has 6 nitrogen and oxygen atoms in total. The van der Waals surface area contributed by atoms with Gasteiger partial charge in [-0.1, -0.05) is 0 Å². The quantitative estimate of drug-likeness (QED) is 0.319. The number of H-pyrrole nitrogens is 2. The van der Waals surface area contributed by atoms with Gasteiger partial charge in [-0.2, -0.15) is 0 Å². The minimum atomic E-state index is -1.06. The maximum Gasteiger partial charge on any atom is 0.338 e. The molecule has 3 aromatic carbocycles. The lowest BCUT2D eigenvalue weighted by atomic mass is 10.0. The Morgan fingerprint density at radius 3 is 2.08 bits per heavy atom. The molecule has 0 saturated carbocycles. The molecular formula is C19H12N2O4. The molecule has 0 atom stereocenters. The molecular weight excluding hydrogens is 320 g/mol. The average Bonchev–Trinajstić information content (AvgIpc) is 3.10. The fourth-order valence-electron chi connectivity index (χ4n) is 3.61. The maximum atomic E-state index is 12.1. The first-order valence-corrected chi connectivity index (χ1v) is 7.68. The smallest absolute Gasteiger partial charge is 0.338 e. The number of phenolic OH excluding ortho intramolecular Hbond substituents is 2. The second kappa shape index (κ2) is 4.45. The molecule has 0 saturated heterocycles. The summed E-state index contributed by atoms with van der Waals surface area (Å²) >= 11 is 0. The Labute approximate surface area is 139 Å². The van der Waals surface area contributed by atoms with E-state index in [4.69, 9.17) is 0 Å². The van der Waals surface area contributed by atoms with Crippen molar-refractivity contribution >= 4 is 49.6 Å². The van der Waals surface area contributed by atoms with Crippen LogP contribution in [0.2, 0.25) is 0 Å². The summed E-state index contributed by atoms with van der Waals surface area (Å²) < 4.78 is 0. The molecule has 0 amide bonds. The Balaban J connectivity index is 2.09. The standard InChI is InChI=1S/C19H12N2O4/c22-8-1-3-13-10(5-8)11-7-15-16(17(19(24)25)18(11)21-13)12-6-9(23)2-4-14(12)20-15/h1-7,20-23H,(H,24,25). The molecule has 2 heterocycles. The molecule has 25 heavy (non-hydrogen) atoms. The third-order valence-corrected chi connectivity index (χ3v) is 4.64. The number of phenols is 2. The number of hydrogen-bond donors (Lipinski definition) is 5. The van der Waals surface area contributed by atoms with Crippen molar-refractivity contribution in [2.24, 2.45) is 0 Å². The average molecular weight is 332 g/mol. The predicted molar refractivity (Wildman–Crippen MR) is 95.5 cm³/mol. The van der Waals surface area contributed by atoms with E-state index in [0.717, 1.165) is 16.4 Å². The monoisotopic (exact) mass is 332 g/mol. The molecule has 0 aliphatic heterocycles. The van der Waals surface area contributed by atoms with Gasteiger partial charge in [-0.25, -0.2) is 4.79 Å². The van der Waals surface area contributed by atoms with Crippen LogP contribution in [0, 0.1) is 0 Å². The largest absolute Gasteiger partial charge is 0.508 e. The number of carboxylic acid groups (broad SMARTS) is 1. The molecule has 0 aliphatic carbocycles. The Bertz CT molecular complexity index is 1340. The number of aromatic carboxylic acids is 1. The summed E-state index contributed by atoms with van der Waals surface area (Å²) in [5.41, 5.74) is 2.78. The van der Waals surface area contributed by atoms with E-state index in [-0.39, 0.29) is 17.1 Å². The molecule has 6 heteroatoms. The van der Waals surface area contributed by atoms with Gasteiger partial charge in [0.25, 0.3) is 0 Å². The van der Waals surface area contributed by atoms with Crippen LogP contribution >= 0.6 is 0 Å². The van der Waals surface area contributed by atoms with Crippen LogP contribution in [0.3, 0.4) is 0 Å². The van der Waals surface area contributed by atoms with Crippen molar-refractivity contribution in [2.45, 2.75) is 0 Å². The van der Waals surface area contributed by atoms with Gasteiger partial charge in [0.1, 0.15) is 11.5 Å². The van der Waals surface area contributed by atoms with Gasteiger partial charge in [-0.05, 0) is 42.5 Å². The SMILES string of the molecule is O=C(O)c1c2[nH]c3ccc(O)cc3c2cc2[nH]c3ccc(O)cc3c12. The number of nitrogens with one attached hydrogen (secondary N) is 2. The number of aromatic nitrogens is 2. The number of carboxylic acids is 1. The van der Waals surface area contributed by atoms with E-state index in [1.54, 1.807) is 36.4 Å². The van der Waals surface area contributed by atoms with Crippen molar-refractivity contribution in [1.82, 2.24) is 9.97 Å². The second-order valence-corrected chi connectivity index (χ2v) is 6.11. The molecule has 5 rings (SSSR count). The number of benzene rings is 3. The van der Waals surface area contributed by atoms with Gasteiger partial charge < -0.3 is 25.3 Å². The zero-order valence-electron chi connectivity index (χ0n) is 12.8. The third-order valence-electron chi connectivity index (χ3n) is 4.64. The van der Waals surface area contributed by atoms with E-state index in [0.29, 0.717) is 27.2 Å². The third kappa shape index (κ3) is 1.76. The molecule has 5 aromatic rings. The van der Waals surface area contributed by atoms with Crippen LogP contribution in [0.1, 0.15) is 10.4 Å². The van der Waals surface area contributed by atoms with Crippen LogP contribution in [0.15, 0.2) is 42.5 Å². The van der Waals surface area contributed by atoms with Gasteiger partial charge >= 0.3 is 5.97 Å². The molecule has 0 bridgehead atoms. The number of aromatic hydroxyl groups is 2. The van der Waals surface area contributed by atoms with E-state index < -0.39 is 5.97 Å². The minimum Gasteiger partial charge on any atom is -0.508 e. The van der Waals surface area contributed by atoms with Crippen LogP contribution in [-0.2, 0) is 0 Å². The molecule has 0 fully saturated rings. The van der Waals surface area contributed by atoms with Crippen LogP contribution in [0.5, 0.6) is 11.5 Å². The number of aromatic amines is 2. The topological polar surface area (TPSA) is 109 Å². The van der Waals surface area contributed by atoms with Gasteiger partial charge in [0.2, 0.25) is 0 Å². The maximum absolute atomic E-state index is 12.1. The Morgan fingerprint density at radius 1 is 0.760 bits per heavy atom. The van der Waals surface area contributed by atoms with Crippen LogP contribution in [-0.4, -0.2) is 31.3 Å². The molecule has 122 valence electrons. The lowest BCUT2D eigenvalue weighted by molar-refractivity contribution is 0.0701. The van der Waals surface area contributed by atoms with E-state index in [2.05, 4.69) is 9.97 Å². The predicted octanol–water partition coefficient (Wildman–Crippen LogP) is 4.07. The highest BCUT2D eigenvalue weighted by molar-refractivity contribution is 6.26. The van der Waals surface area contributed by atoms with Crippen LogP contribution in [0.25, 0.3) is 43.6 Å². The van der Waals surface area contributed by atoms with Gasteiger partial charge in [-0.3, -0.25) is 0 Å². The van der Waals surface area contributed by atoms with Gasteiger partial charge in [0, 0.05) is 38.1 Å². The van der Waals surface area contributed by atoms with Crippen molar-refractivity contribution in [2.75, 3.05) is 0 Å². The van der Waals surface area contributed by atoms with E-state index in [1.165, 1.54) is 0 Å². The molecule has 0 radical (unpaired) electrons. The normalized spacial score (nSPS) is 11.8.